The van der Waals surface area contributed by atoms with Crippen molar-refractivity contribution in [3.05, 3.63) is 65.0 Å². The van der Waals surface area contributed by atoms with Gasteiger partial charge in [0.05, 0.1) is 6.04 Å². The highest BCUT2D eigenvalue weighted by atomic mass is 32.1. The van der Waals surface area contributed by atoms with Crippen LogP contribution in [0.15, 0.2) is 53.9 Å². The molecule has 0 fully saturated rings. The van der Waals surface area contributed by atoms with E-state index < -0.39 is 0 Å². The number of benzene rings is 2. The fourth-order valence-corrected chi connectivity index (χ4v) is 3.44. The molecule has 0 saturated carbocycles. The second-order valence-corrected chi connectivity index (χ2v) is 6.32. The van der Waals surface area contributed by atoms with E-state index in [4.69, 9.17) is 0 Å². The van der Waals surface area contributed by atoms with E-state index in [1.807, 2.05) is 0 Å². The third-order valence-corrected chi connectivity index (χ3v) is 4.89. The van der Waals surface area contributed by atoms with Gasteiger partial charge in [-0.05, 0) is 59.0 Å². The molecule has 3 aromatic rings. The van der Waals surface area contributed by atoms with Crippen LogP contribution in [-0.2, 0) is 6.42 Å². The van der Waals surface area contributed by atoms with Gasteiger partial charge < -0.3 is 5.32 Å². The van der Waals surface area contributed by atoms with Crippen LogP contribution in [-0.4, -0.2) is 0 Å². The molecule has 108 valence electrons. The maximum absolute atomic E-state index is 3.67. The van der Waals surface area contributed by atoms with Gasteiger partial charge >= 0.3 is 0 Å². The van der Waals surface area contributed by atoms with Gasteiger partial charge in [-0.25, -0.2) is 0 Å². The molecule has 2 heteroatoms. The Kier molecular flexibility index (Phi) is 4.26. The fraction of sp³-hybridized carbons (Fsp3) is 0.263. The third kappa shape index (κ3) is 3.11. The zero-order valence-electron chi connectivity index (χ0n) is 12.6. The van der Waals surface area contributed by atoms with Gasteiger partial charge in [0, 0.05) is 10.4 Å². The van der Waals surface area contributed by atoms with E-state index >= 15 is 0 Å². The molecule has 0 spiro atoms. The minimum Gasteiger partial charge on any atom is -0.378 e. The van der Waals surface area contributed by atoms with Crippen LogP contribution in [0.1, 0.15) is 37.4 Å². The Morgan fingerprint density at radius 2 is 1.81 bits per heavy atom. The van der Waals surface area contributed by atoms with E-state index in [0.717, 1.165) is 12.8 Å². The Labute approximate surface area is 130 Å². The second-order valence-electron chi connectivity index (χ2n) is 5.37. The van der Waals surface area contributed by atoms with E-state index in [-0.39, 0.29) is 0 Å². The average molecular weight is 295 g/mol. The minimum absolute atomic E-state index is 0.368. The maximum atomic E-state index is 3.67. The fourth-order valence-electron chi connectivity index (χ4n) is 2.66. The number of aryl methyl sites for hydroxylation is 1. The first-order chi connectivity index (χ1) is 10.3. The molecule has 0 aliphatic carbocycles. The van der Waals surface area contributed by atoms with Crippen LogP contribution >= 0.6 is 11.3 Å². The number of hydrogen-bond donors (Lipinski definition) is 1. The lowest BCUT2D eigenvalue weighted by molar-refractivity contribution is 0.749. The molecule has 1 nitrogen and oxygen atoms in total. The lowest BCUT2D eigenvalue weighted by Crippen LogP contribution is -2.09. The molecule has 1 heterocycles. The van der Waals surface area contributed by atoms with Crippen LogP contribution in [0, 0.1) is 0 Å². The summed E-state index contributed by atoms with van der Waals surface area (Å²) < 4.78 is 1.35. The molecule has 0 saturated heterocycles. The van der Waals surface area contributed by atoms with Crippen molar-refractivity contribution in [1.29, 1.82) is 0 Å². The van der Waals surface area contributed by atoms with Crippen LogP contribution < -0.4 is 5.32 Å². The summed E-state index contributed by atoms with van der Waals surface area (Å²) in [5.74, 6) is 0. The number of hydrogen-bond acceptors (Lipinski definition) is 2. The Hall–Kier alpha value is -1.80. The summed E-state index contributed by atoms with van der Waals surface area (Å²) in [6.45, 7) is 4.43. The molecule has 1 aromatic heterocycles. The third-order valence-electron chi connectivity index (χ3n) is 3.99. The van der Waals surface area contributed by atoms with Crippen molar-refractivity contribution in [1.82, 2.24) is 0 Å². The topological polar surface area (TPSA) is 12.0 Å². The van der Waals surface area contributed by atoms with Crippen molar-refractivity contribution >= 4 is 27.1 Å². The average Bonchev–Trinajstić information content (AvgIpc) is 3.00. The van der Waals surface area contributed by atoms with Crippen LogP contribution in [0.5, 0.6) is 0 Å². The summed E-state index contributed by atoms with van der Waals surface area (Å²) in [4.78, 5) is 0. The van der Waals surface area contributed by atoms with Crippen molar-refractivity contribution in [2.24, 2.45) is 0 Å². The molecule has 1 atom stereocenters. The van der Waals surface area contributed by atoms with Gasteiger partial charge in [0.2, 0.25) is 0 Å². The summed E-state index contributed by atoms with van der Waals surface area (Å²) in [6, 6.07) is 18.2. The van der Waals surface area contributed by atoms with Gasteiger partial charge in [0.15, 0.2) is 0 Å². The molecular formula is C19H21NS. The predicted molar refractivity (Wildman–Crippen MR) is 94.3 cm³/mol. The van der Waals surface area contributed by atoms with Gasteiger partial charge in [-0.15, -0.1) is 11.3 Å². The van der Waals surface area contributed by atoms with Gasteiger partial charge in [-0.1, -0.05) is 38.1 Å². The molecule has 0 bridgehead atoms. The van der Waals surface area contributed by atoms with Crippen LogP contribution in [0.4, 0.5) is 5.69 Å². The predicted octanol–water partition coefficient (Wildman–Crippen LogP) is 6.03. The van der Waals surface area contributed by atoms with Crippen molar-refractivity contribution in [2.75, 3.05) is 5.32 Å². The summed E-state index contributed by atoms with van der Waals surface area (Å²) in [5.41, 5.74) is 3.96. The molecular weight excluding hydrogens is 274 g/mol. The van der Waals surface area contributed by atoms with E-state index in [2.05, 4.69) is 73.1 Å². The minimum atomic E-state index is 0.368. The molecule has 0 radical (unpaired) electrons. The Balaban J connectivity index is 1.82. The highest BCUT2D eigenvalue weighted by Crippen LogP contribution is 2.28. The van der Waals surface area contributed by atoms with Gasteiger partial charge in [-0.3, -0.25) is 0 Å². The Morgan fingerprint density at radius 1 is 1.00 bits per heavy atom. The molecule has 1 N–H and O–H groups in total. The SMILES string of the molecule is CCc1ccc(C(CC)Nc2ccc3sccc3c2)cc1. The molecule has 0 aliphatic heterocycles. The smallest absolute Gasteiger partial charge is 0.0511 e. The van der Waals surface area contributed by atoms with Crippen LogP contribution in [0.25, 0.3) is 10.1 Å². The van der Waals surface area contributed by atoms with E-state index in [1.54, 1.807) is 11.3 Å². The van der Waals surface area contributed by atoms with E-state index in [9.17, 15) is 0 Å². The number of anilines is 1. The van der Waals surface area contributed by atoms with E-state index in [0.29, 0.717) is 6.04 Å². The normalized spacial score (nSPS) is 12.5. The summed E-state index contributed by atoms with van der Waals surface area (Å²) in [5, 5.41) is 7.14. The highest BCUT2D eigenvalue weighted by molar-refractivity contribution is 7.17. The largest absolute Gasteiger partial charge is 0.378 e. The van der Waals surface area contributed by atoms with Crippen molar-refractivity contribution in [3.63, 3.8) is 0 Å². The number of nitrogens with one attached hydrogen (secondary N) is 1. The molecule has 21 heavy (non-hydrogen) atoms. The zero-order valence-corrected chi connectivity index (χ0v) is 13.4. The number of fused-ring (bicyclic) bond motifs is 1. The summed E-state index contributed by atoms with van der Waals surface area (Å²) in [7, 11) is 0. The van der Waals surface area contributed by atoms with E-state index in [1.165, 1.54) is 26.9 Å². The van der Waals surface area contributed by atoms with Crippen molar-refractivity contribution in [3.8, 4) is 0 Å². The lowest BCUT2D eigenvalue weighted by Gasteiger charge is -2.19. The van der Waals surface area contributed by atoms with Crippen LogP contribution in [0.3, 0.4) is 0 Å². The first-order valence-corrected chi connectivity index (χ1v) is 8.50. The maximum Gasteiger partial charge on any atom is 0.0511 e. The standard InChI is InChI=1S/C19H21NS/c1-3-14-5-7-15(8-6-14)18(4-2)20-17-9-10-19-16(13-17)11-12-21-19/h5-13,18,20H,3-4H2,1-2H3. The Morgan fingerprint density at radius 3 is 2.52 bits per heavy atom. The van der Waals surface area contributed by atoms with Gasteiger partial charge in [-0.2, -0.15) is 0 Å². The second kappa shape index (κ2) is 6.31. The number of rotatable bonds is 5. The molecule has 0 aliphatic rings. The first-order valence-electron chi connectivity index (χ1n) is 7.62. The number of thiophene rings is 1. The van der Waals surface area contributed by atoms with Gasteiger partial charge in [0.1, 0.15) is 0 Å². The van der Waals surface area contributed by atoms with Crippen molar-refractivity contribution in [2.45, 2.75) is 32.7 Å². The molecule has 1 unspecified atom stereocenters. The summed E-state index contributed by atoms with van der Waals surface area (Å²) in [6.07, 6.45) is 2.17. The molecule has 0 amide bonds. The monoisotopic (exact) mass is 295 g/mol. The molecule has 2 aromatic carbocycles. The quantitative estimate of drug-likeness (QED) is 0.606. The zero-order chi connectivity index (χ0) is 14.7. The van der Waals surface area contributed by atoms with Crippen LogP contribution in [0.2, 0.25) is 0 Å². The molecule has 3 rings (SSSR count). The lowest BCUT2D eigenvalue weighted by atomic mass is 10.0. The highest BCUT2D eigenvalue weighted by Gasteiger charge is 2.09. The van der Waals surface area contributed by atoms with Gasteiger partial charge in [0.25, 0.3) is 0 Å². The summed E-state index contributed by atoms with van der Waals surface area (Å²) >= 11 is 1.79. The Bertz CT molecular complexity index is 712. The first kappa shape index (κ1) is 14.2. The van der Waals surface area contributed by atoms with Crippen molar-refractivity contribution < 1.29 is 0 Å².